The number of anilines is 3. The summed E-state index contributed by atoms with van der Waals surface area (Å²) in [6.45, 7) is 0.508. The Morgan fingerprint density at radius 1 is 1.09 bits per heavy atom. The Hall–Kier alpha value is -5.05. The number of amides is 2. The number of nitrogen functional groups attached to an aromatic ring is 1. The Balaban J connectivity index is 1.05. The number of rotatable bonds is 8. The number of ether oxygens (including phenoxy) is 1. The number of hydrogen-bond acceptors (Lipinski definition) is 8. The number of nitrogens with one attached hydrogen (secondary N) is 2. The van der Waals surface area contributed by atoms with Crippen LogP contribution in [0.3, 0.4) is 0 Å². The highest BCUT2D eigenvalue weighted by Crippen LogP contribution is 2.58. The van der Waals surface area contributed by atoms with Crippen LogP contribution in [0.5, 0.6) is 0 Å². The largest absolute Gasteiger partial charge is 0.400 e. The average Bonchev–Trinajstić information content (AvgIpc) is 3.55. The van der Waals surface area contributed by atoms with E-state index in [9.17, 15) is 18.0 Å². The molecule has 45 heavy (non-hydrogen) atoms. The van der Waals surface area contributed by atoms with Crippen LogP contribution < -0.4 is 16.4 Å². The first-order valence-electron chi connectivity index (χ1n) is 14.2. The van der Waals surface area contributed by atoms with Gasteiger partial charge in [-0.15, -0.1) is 0 Å². The van der Waals surface area contributed by atoms with Crippen LogP contribution >= 0.6 is 0 Å². The van der Waals surface area contributed by atoms with Crippen molar-refractivity contribution in [3.05, 3.63) is 78.0 Å². The van der Waals surface area contributed by atoms with Gasteiger partial charge in [-0.3, -0.25) is 5.32 Å². The van der Waals surface area contributed by atoms with Gasteiger partial charge in [-0.05, 0) is 43.4 Å². The molecule has 0 radical (unpaired) electrons. The molecule has 3 aromatic heterocycles. The summed E-state index contributed by atoms with van der Waals surface area (Å²) in [5.74, 6) is -0.901. The molecular weight excluding hydrogens is 596 g/mol. The maximum atomic E-state index is 15.2. The number of aromatic nitrogens is 5. The standard InChI is InChI=1S/C30H26F4N8O3/c31-20-10-17(6-7-21(20)38-28(43)39-23-13-22(41-45-23)29(8-9-29)30(32,33)34)25-24-26(35)36-15-37-27(24)42(40-25)18-11-19(12-18)44-14-16-4-2-1-3-5-16/h1-7,10,13,15,18-19H,8-9,11-12,14H2,(H2,35,36,37)(H2,38,39,43). The lowest BCUT2D eigenvalue weighted by Gasteiger charge is -2.35. The summed E-state index contributed by atoms with van der Waals surface area (Å²) in [5.41, 5.74) is 6.00. The van der Waals surface area contributed by atoms with E-state index in [1.807, 2.05) is 30.3 Å². The molecule has 0 atom stereocenters. The van der Waals surface area contributed by atoms with Gasteiger partial charge in [0.2, 0.25) is 5.88 Å². The average molecular weight is 623 g/mol. The molecule has 15 heteroatoms. The molecule has 2 saturated carbocycles. The van der Waals surface area contributed by atoms with Crippen molar-refractivity contribution < 1.29 is 31.6 Å². The van der Waals surface area contributed by atoms with Crippen molar-refractivity contribution >= 4 is 34.5 Å². The van der Waals surface area contributed by atoms with Gasteiger partial charge in [-0.2, -0.15) is 18.3 Å². The number of nitrogens with two attached hydrogens (primary N) is 1. The fraction of sp³-hybridized carbons (Fsp3) is 0.300. The number of halogens is 4. The normalized spacial score (nSPS) is 18.8. The van der Waals surface area contributed by atoms with Gasteiger partial charge in [0.25, 0.3) is 0 Å². The Kier molecular flexibility index (Phi) is 6.91. The first-order valence-corrected chi connectivity index (χ1v) is 14.2. The molecule has 2 aromatic carbocycles. The quantitative estimate of drug-likeness (QED) is 0.170. The molecule has 2 aliphatic carbocycles. The number of benzene rings is 2. The Morgan fingerprint density at radius 2 is 1.87 bits per heavy atom. The molecule has 11 nitrogen and oxygen atoms in total. The van der Waals surface area contributed by atoms with E-state index in [4.69, 9.17) is 20.1 Å². The molecule has 0 bridgehead atoms. The molecule has 5 aromatic rings. The highest BCUT2D eigenvalue weighted by molar-refractivity contribution is 6.00. The predicted octanol–water partition coefficient (Wildman–Crippen LogP) is 6.36. The molecule has 2 aliphatic rings. The van der Waals surface area contributed by atoms with Crippen molar-refractivity contribution in [2.24, 2.45) is 0 Å². The molecule has 2 amide bonds. The summed E-state index contributed by atoms with van der Waals surface area (Å²) in [5, 5.41) is 13.3. The maximum absolute atomic E-state index is 15.2. The minimum absolute atomic E-state index is 0.00617. The van der Waals surface area contributed by atoms with Crippen molar-refractivity contribution in [3.8, 4) is 11.3 Å². The third-order valence-corrected chi connectivity index (χ3v) is 8.28. The molecule has 3 heterocycles. The zero-order valence-electron chi connectivity index (χ0n) is 23.5. The van der Waals surface area contributed by atoms with Crippen LogP contribution in [0.1, 0.15) is 43.0 Å². The van der Waals surface area contributed by atoms with Crippen LogP contribution in [0.25, 0.3) is 22.3 Å². The predicted molar refractivity (Wildman–Crippen MR) is 155 cm³/mol. The van der Waals surface area contributed by atoms with Gasteiger partial charge < -0.3 is 20.3 Å². The lowest BCUT2D eigenvalue weighted by Crippen LogP contribution is -2.34. The molecule has 2 fully saturated rings. The minimum Gasteiger partial charge on any atom is -0.383 e. The molecule has 0 aliphatic heterocycles. The summed E-state index contributed by atoms with van der Waals surface area (Å²) in [4.78, 5) is 21.0. The zero-order chi connectivity index (χ0) is 31.3. The van der Waals surface area contributed by atoms with Crippen molar-refractivity contribution in [2.75, 3.05) is 16.4 Å². The van der Waals surface area contributed by atoms with E-state index in [-0.39, 0.29) is 48.1 Å². The molecule has 7 rings (SSSR count). The second-order valence-corrected chi connectivity index (χ2v) is 11.2. The Bertz CT molecular complexity index is 1880. The number of carbonyl (C=O) groups excluding carboxylic acids is 1. The number of alkyl halides is 3. The van der Waals surface area contributed by atoms with E-state index in [0.717, 1.165) is 11.6 Å². The smallest absolute Gasteiger partial charge is 0.383 e. The van der Waals surface area contributed by atoms with Gasteiger partial charge in [0.1, 0.15) is 34.8 Å². The van der Waals surface area contributed by atoms with E-state index in [1.54, 1.807) is 10.7 Å². The highest BCUT2D eigenvalue weighted by atomic mass is 19.4. The van der Waals surface area contributed by atoms with Crippen LogP contribution in [-0.2, 0) is 16.8 Å². The maximum Gasteiger partial charge on any atom is 0.400 e. The van der Waals surface area contributed by atoms with Gasteiger partial charge in [-0.25, -0.2) is 23.8 Å². The molecule has 232 valence electrons. The van der Waals surface area contributed by atoms with Crippen molar-refractivity contribution in [2.45, 2.75) is 56.0 Å². The van der Waals surface area contributed by atoms with Crippen LogP contribution in [0.2, 0.25) is 0 Å². The number of nitrogens with zero attached hydrogens (tertiary/aromatic N) is 5. The first kappa shape index (κ1) is 28.7. The molecule has 4 N–H and O–H groups in total. The van der Waals surface area contributed by atoms with E-state index in [2.05, 4.69) is 25.8 Å². The first-order chi connectivity index (χ1) is 21.6. The van der Waals surface area contributed by atoms with Crippen LogP contribution in [0, 0.1) is 5.82 Å². The highest BCUT2D eigenvalue weighted by Gasteiger charge is 2.66. The minimum atomic E-state index is -4.48. The van der Waals surface area contributed by atoms with Gasteiger partial charge in [0.05, 0.1) is 29.8 Å². The number of carbonyl (C=O) groups is 1. The third-order valence-electron chi connectivity index (χ3n) is 8.28. The summed E-state index contributed by atoms with van der Waals surface area (Å²) in [6, 6.07) is 14.1. The third kappa shape index (κ3) is 5.32. The molecule has 0 saturated heterocycles. The molecule has 0 unspecified atom stereocenters. The Morgan fingerprint density at radius 3 is 2.58 bits per heavy atom. The van der Waals surface area contributed by atoms with Gasteiger partial charge >= 0.3 is 12.2 Å². The summed E-state index contributed by atoms with van der Waals surface area (Å²) >= 11 is 0. The lowest BCUT2D eigenvalue weighted by molar-refractivity contribution is -0.161. The number of fused-ring (bicyclic) bond motifs is 1. The van der Waals surface area contributed by atoms with Crippen LogP contribution in [0.4, 0.5) is 39.7 Å². The van der Waals surface area contributed by atoms with Crippen molar-refractivity contribution in [1.82, 2.24) is 24.9 Å². The monoisotopic (exact) mass is 622 g/mol. The van der Waals surface area contributed by atoms with Gasteiger partial charge in [0, 0.05) is 11.6 Å². The summed E-state index contributed by atoms with van der Waals surface area (Å²) < 4.78 is 68.0. The second-order valence-electron chi connectivity index (χ2n) is 11.2. The Labute approximate surface area is 252 Å². The van der Waals surface area contributed by atoms with E-state index in [0.29, 0.717) is 41.7 Å². The van der Waals surface area contributed by atoms with Crippen LogP contribution in [-0.4, -0.2) is 43.2 Å². The summed E-state index contributed by atoms with van der Waals surface area (Å²) in [7, 11) is 0. The topological polar surface area (TPSA) is 146 Å². The van der Waals surface area contributed by atoms with E-state index >= 15 is 4.39 Å². The van der Waals surface area contributed by atoms with Gasteiger partial charge in [-0.1, -0.05) is 41.6 Å². The fourth-order valence-electron chi connectivity index (χ4n) is 5.51. The van der Waals surface area contributed by atoms with Crippen LogP contribution in [0.15, 0.2) is 65.4 Å². The van der Waals surface area contributed by atoms with E-state index in [1.165, 1.54) is 18.5 Å². The van der Waals surface area contributed by atoms with Gasteiger partial charge in [0.15, 0.2) is 5.65 Å². The SMILES string of the molecule is Nc1ncnc2c1c(-c1ccc(NC(=O)Nc3cc(C4(C(F)(F)F)CC4)no3)c(F)c1)nn2C1CC(OCc2ccccc2)C1. The summed E-state index contributed by atoms with van der Waals surface area (Å²) in [6.07, 6.45) is -1.88. The fourth-order valence-corrected chi connectivity index (χ4v) is 5.51. The van der Waals surface area contributed by atoms with Crippen molar-refractivity contribution in [1.29, 1.82) is 0 Å². The number of urea groups is 1. The zero-order valence-corrected chi connectivity index (χ0v) is 23.5. The lowest BCUT2D eigenvalue weighted by atomic mass is 9.89. The second kappa shape index (κ2) is 10.8. The number of hydrogen-bond donors (Lipinski definition) is 3. The van der Waals surface area contributed by atoms with Crippen molar-refractivity contribution in [3.63, 3.8) is 0 Å². The van der Waals surface area contributed by atoms with E-state index < -0.39 is 23.4 Å². The molecular formula is C30H26F4N8O3. The molecule has 0 spiro atoms.